The number of aliphatic hydroxyl groups excluding tert-OH is 8. The molecule has 0 amide bonds. The minimum absolute atomic E-state index is 0.0121. The van der Waals surface area contributed by atoms with Crippen LogP contribution in [0.5, 0.6) is 0 Å². The molecule has 2 aliphatic rings. The van der Waals surface area contributed by atoms with Gasteiger partial charge >= 0.3 is 11.9 Å². The van der Waals surface area contributed by atoms with Crippen molar-refractivity contribution in [3.8, 4) is 11.1 Å². The number of aliphatic hydroxyl groups is 8. The van der Waals surface area contributed by atoms with Gasteiger partial charge in [0.25, 0.3) is 0 Å². The molecule has 16 nitrogen and oxygen atoms in total. The van der Waals surface area contributed by atoms with E-state index in [0.29, 0.717) is 16.5 Å². The Morgan fingerprint density at radius 2 is 1.13 bits per heavy atom. The van der Waals surface area contributed by atoms with Gasteiger partial charge in [0.1, 0.15) is 67.1 Å². The van der Waals surface area contributed by atoms with Crippen LogP contribution in [0, 0.1) is 0 Å². The van der Waals surface area contributed by atoms with Gasteiger partial charge in [-0.2, -0.15) is 0 Å². The highest BCUT2D eigenvalue weighted by Gasteiger charge is 2.47. The highest BCUT2D eigenvalue weighted by atomic mass is 16.7. The van der Waals surface area contributed by atoms with Gasteiger partial charge in [-0.15, -0.1) is 0 Å². The zero-order valence-electron chi connectivity index (χ0n) is 24.0. The van der Waals surface area contributed by atoms with E-state index >= 15 is 0 Å². The summed E-state index contributed by atoms with van der Waals surface area (Å²) < 4.78 is 24.8. The van der Waals surface area contributed by atoms with Crippen molar-refractivity contribution in [2.24, 2.45) is 0 Å². The number of benzene rings is 2. The van der Waals surface area contributed by atoms with E-state index < -0.39 is 93.0 Å². The molecule has 2 fully saturated rings. The highest BCUT2D eigenvalue weighted by Crippen LogP contribution is 2.24. The molecule has 10 atom stereocenters. The minimum atomic E-state index is -1.86. The van der Waals surface area contributed by atoms with Crippen molar-refractivity contribution in [2.75, 3.05) is 13.2 Å². The van der Waals surface area contributed by atoms with Crippen LogP contribution < -0.4 is 5.43 Å². The third-order valence-electron chi connectivity index (χ3n) is 7.25. The first kappa shape index (κ1) is 35.1. The number of carbonyl (C=O) groups excluding carboxylic acids is 2. The van der Waals surface area contributed by atoms with E-state index in [0.717, 1.165) is 5.56 Å². The summed E-state index contributed by atoms with van der Waals surface area (Å²) in [5.74, 6) is -2.58. The van der Waals surface area contributed by atoms with Gasteiger partial charge in [0.2, 0.25) is 12.6 Å². The van der Waals surface area contributed by atoms with Crippen LogP contribution in [0.1, 0.15) is 6.42 Å². The summed E-state index contributed by atoms with van der Waals surface area (Å²) in [7, 11) is 0. The first-order valence-electron chi connectivity index (χ1n) is 14.0. The van der Waals surface area contributed by atoms with Crippen LogP contribution in [0.25, 0.3) is 22.1 Å². The van der Waals surface area contributed by atoms with Crippen molar-refractivity contribution in [3.63, 3.8) is 0 Å². The van der Waals surface area contributed by atoms with Crippen molar-refractivity contribution in [3.05, 3.63) is 71.1 Å². The molecule has 250 valence electrons. The monoisotopic (exact) mass is 650 g/mol. The van der Waals surface area contributed by atoms with E-state index in [1.54, 1.807) is 12.1 Å². The lowest BCUT2D eigenvalue weighted by Gasteiger charge is -2.39. The molecule has 16 heteroatoms. The number of fused-ring (bicyclic) bond motifs is 1. The first-order chi connectivity index (χ1) is 22.0. The summed E-state index contributed by atoms with van der Waals surface area (Å²) >= 11 is 0. The van der Waals surface area contributed by atoms with Crippen LogP contribution in [0.4, 0.5) is 0 Å². The summed E-state index contributed by atoms with van der Waals surface area (Å²) in [6, 6.07) is 16.8. The van der Waals surface area contributed by atoms with Crippen molar-refractivity contribution in [1.29, 1.82) is 0 Å². The maximum Gasteiger partial charge on any atom is 0.319 e. The van der Waals surface area contributed by atoms with E-state index in [-0.39, 0.29) is 5.43 Å². The normalized spacial score (nSPS) is 31.0. The van der Waals surface area contributed by atoms with E-state index in [1.165, 1.54) is 6.26 Å². The molecule has 0 saturated carbocycles. The molecule has 0 aliphatic carbocycles. The fourth-order valence-electron chi connectivity index (χ4n) is 4.68. The van der Waals surface area contributed by atoms with Crippen LogP contribution in [-0.2, 0) is 28.5 Å². The van der Waals surface area contributed by atoms with Crippen molar-refractivity contribution < 1.29 is 73.8 Å². The van der Waals surface area contributed by atoms with Crippen LogP contribution in [-0.4, -0.2) is 127 Å². The molecule has 1 aromatic heterocycles. The Morgan fingerprint density at radius 1 is 0.652 bits per heavy atom. The Labute approximate surface area is 260 Å². The molecule has 8 N–H and O–H groups in total. The van der Waals surface area contributed by atoms with Crippen LogP contribution in [0.2, 0.25) is 0 Å². The van der Waals surface area contributed by atoms with E-state index in [1.807, 2.05) is 42.5 Å². The lowest BCUT2D eigenvalue weighted by atomic mass is 9.99. The van der Waals surface area contributed by atoms with Crippen molar-refractivity contribution >= 4 is 22.9 Å². The van der Waals surface area contributed by atoms with Crippen LogP contribution in [0.15, 0.2) is 70.1 Å². The van der Waals surface area contributed by atoms with E-state index in [4.69, 9.17) is 33.6 Å². The molecule has 2 aromatic carbocycles. The molecule has 5 rings (SSSR count). The van der Waals surface area contributed by atoms with Crippen LogP contribution >= 0.6 is 0 Å². The van der Waals surface area contributed by atoms with Crippen molar-refractivity contribution in [1.82, 2.24) is 0 Å². The average Bonchev–Trinajstić information content (AvgIpc) is 3.06. The van der Waals surface area contributed by atoms with Gasteiger partial charge in [-0.05, 0) is 17.7 Å². The predicted molar refractivity (Wildman–Crippen MR) is 152 cm³/mol. The van der Waals surface area contributed by atoms with Crippen molar-refractivity contribution in [2.45, 2.75) is 67.8 Å². The molecule has 46 heavy (non-hydrogen) atoms. The quantitative estimate of drug-likeness (QED) is 0.0972. The second-order valence-electron chi connectivity index (χ2n) is 10.4. The fraction of sp³-hybridized carbons (Fsp3) is 0.433. The van der Waals surface area contributed by atoms with Gasteiger partial charge < -0.3 is 64.2 Å². The Bertz CT molecular complexity index is 1460. The van der Waals surface area contributed by atoms with Gasteiger partial charge in [-0.1, -0.05) is 42.5 Å². The molecule has 0 spiro atoms. The highest BCUT2D eigenvalue weighted by molar-refractivity contribution is 5.91. The van der Waals surface area contributed by atoms with Gasteiger partial charge in [0, 0.05) is 0 Å². The molecule has 3 aromatic rings. The Morgan fingerprint density at radius 3 is 1.63 bits per heavy atom. The second-order valence-corrected chi connectivity index (χ2v) is 10.4. The third kappa shape index (κ3) is 7.94. The maximum atomic E-state index is 12.3. The molecule has 0 bridgehead atoms. The van der Waals surface area contributed by atoms with Gasteiger partial charge in [0.05, 0.1) is 24.2 Å². The molecular weight excluding hydrogens is 616 g/mol. The molecule has 2 aliphatic heterocycles. The van der Waals surface area contributed by atoms with Crippen LogP contribution in [0.3, 0.4) is 0 Å². The Hall–Kier alpha value is -3.81. The lowest BCUT2D eigenvalue weighted by Crippen LogP contribution is -2.60. The largest absolute Gasteiger partial charge is 0.463 e. The number of para-hydroxylation sites is 1. The molecule has 2 saturated heterocycles. The molecular formula is C30H34O16. The SMILES string of the molecule is O=C(CC(=O)OC1O[C@H](CO)[C@@H](O)[C@H](O)[C@H]1O)OC1O[C@H](CO)[C@@H](O)[C@H](O)[C@H]1O.O=c1c(-c2ccccc2)coc2ccccc12. The molecule has 3 heterocycles. The fourth-order valence-corrected chi connectivity index (χ4v) is 4.68. The number of rotatable bonds is 7. The smallest absolute Gasteiger partial charge is 0.319 e. The lowest BCUT2D eigenvalue weighted by molar-refractivity contribution is -0.296. The maximum absolute atomic E-state index is 12.3. The number of ether oxygens (including phenoxy) is 4. The Kier molecular flexibility index (Phi) is 11.9. The zero-order valence-corrected chi connectivity index (χ0v) is 24.0. The van der Waals surface area contributed by atoms with Gasteiger partial charge in [-0.25, -0.2) is 0 Å². The second kappa shape index (κ2) is 15.7. The molecule has 2 unspecified atom stereocenters. The summed E-state index contributed by atoms with van der Waals surface area (Å²) in [5.41, 5.74) is 2.12. The summed E-state index contributed by atoms with van der Waals surface area (Å²) in [6.07, 6.45) is -16.4. The topological polar surface area (TPSA) is 263 Å². The number of hydrogen-bond donors (Lipinski definition) is 8. The first-order valence-corrected chi connectivity index (χ1v) is 14.0. The van der Waals surface area contributed by atoms with Gasteiger partial charge in [0.15, 0.2) is 5.43 Å². The summed E-state index contributed by atoms with van der Waals surface area (Å²) in [6.45, 7) is -1.50. The minimum Gasteiger partial charge on any atom is -0.463 e. The summed E-state index contributed by atoms with van der Waals surface area (Å²) in [5, 5.41) is 76.8. The van der Waals surface area contributed by atoms with E-state index in [2.05, 4.69) is 0 Å². The zero-order chi connectivity index (χ0) is 33.5. The predicted octanol–water partition coefficient (Wildman–Crippen LogP) is -2.48. The molecule has 0 radical (unpaired) electrons. The standard InChI is InChI=1S/C15H24O14.C15H10O2/c16-2-4-8(20)10(22)12(24)14(26-4)28-6(18)1-7(19)29-15-13(25)11(23)9(21)5(3-17)27-15;16-15-12-8-4-5-9-14(12)17-10-13(15)11-6-2-1-3-7-11/h4-5,8-17,20-25H,1-3H2;1-10H/t4-,5-,8-,9-,10+,11+,12-,13-,14?,15?;/m1./s1. The number of hydrogen-bond acceptors (Lipinski definition) is 16. The average molecular weight is 651 g/mol. The van der Waals surface area contributed by atoms with E-state index in [9.17, 15) is 45.0 Å². The third-order valence-corrected chi connectivity index (χ3v) is 7.25. The summed E-state index contributed by atoms with van der Waals surface area (Å²) in [4.78, 5) is 36.0. The number of esters is 2. The number of carbonyl (C=O) groups is 2. The Balaban J connectivity index is 0.000000237. The van der Waals surface area contributed by atoms with Gasteiger partial charge in [-0.3, -0.25) is 14.4 Å².